The minimum Gasteiger partial charge on any atom is -0.371 e. The van der Waals surface area contributed by atoms with Gasteiger partial charge in [0.1, 0.15) is 5.72 Å². The first kappa shape index (κ1) is 8.53. The Morgan fingerprint density at radius 3 is 2.55 bits per heavy atom. The minimum atomic E-state index is -0.841. The van der Waals surface area contributed by atoms with Gasteiger partial charge in [-0.25, -0.2) is 0 Å². The molecule has 0 aromatic carbocycles. The summed E-state index contributed by atoms with van der Waals surface area (Å²) in [7, 11) is 0. The Kier molecular flexibility index (Phi) is 2.18. The number of hydrogen-bond acceptors (Lipinski definition) is 2. The zero-order valence-electron chi connectivity index (χ0n) is 7.05. The molecule has 0 spiro atoms. The van der Waals surface area contributed by atoms with Crippen LogP contribution in [0.25, 0.3) is 0 Å². The molecular weight excluding hydrogens is 142 g/mol. The van der Waals surface area contributed by atoms with Crippen LogP contribution in [-0.4, -0.2) is 16.7 Å². The van der Waals surface area contributed by atoms with Crippen molar-refractivity contribution in [2.75, 3.05) is 0 Å². The lowest BCUT2D eigenvalue weighted by molar-refractivity contribution is -0.125. The molecule has 0 unspecified atom stereocenters. The van der Waals surface area contributed by atoms with Crippen molar-refractivity contribution < 1.29 is 9.90 Å². The van der Waals surface area contributed by atoms with Gasteiger partial charge in [0.05, 0.1) is 0 Å². The highest BCUT2D eigenvalue weighted by Crippen LogP contribution is 2.31. The maximum atomic E-state index is 11.0. The standard InChI is InChI=1S/C8H15NO2/c1-6(2)5-7(10)9-8(11)3-4-8/h6,11H,3-5H2,1-2H3,(H,9,10). The van der Waals surface area contributed by atoms with E-state index in [9.17, 15) is 9.90 Å². The topological polar surface area (TPSA) is 49.3 Å². The molecular formula is C8H15NO2. The van der Waals surface area contributed by atoms with Crippen LogP contribution in [0.15, 0.2) is 0 Å². The van der Waals surface area contributed by atoms with Gasteiger partial charge < -0.3 is 10.4 Å². The Morgan fingerprint density at radius 1 is 1.64 bits per heavy atom. The summed E-state index contributed by atoms with van der Waals surface area (Å²) in [4.78, 5) is 11.0. The lowest BCUT2D eigenvalue weighted by atomic mass is 10.1. The minimum absolute atomic E-state index is 0.0417. The van der Waals surface area contributed by atoms with Crippen LogP contribution in [0.1, 0.15) is 33.1 Å². The first-order valence-corrected chi connectivity index (χ1v) is 4.05. The Bertz CT molecular complexity index is 161. The van der Waals surface area contributed by atoms with Gasteiger partial charge in [0.15, 0.2) is 0 Å². The number of carbonyl (C=O) groups excluding carboxylic acids is 1. The van der Waals surface area contributed by atoms with Gasteiger partial charge in [-0.15, -0.1) is 0 Å². The highest BCUT2D eigenvalue weighted by Gasteiger charge is 2.41. The Balaban J connectivity index is 2.21. The maximum absolute atomic E-state index is 11.0. The molecule has 0 aromatic heterocycles. The molecule has 0 aromatic rings. The van der Waals surface area contributed by atoms with Crippen molar-refractivity contribution in [3.05, 3.63) is 0 Å². The van der Waals surface area contributed by atoms with Gasteiger partial charge in [-0.3, -0.25) is 4.79 Å². The van der Waals surface area contributed by atoms with E-state index in [1.165, 1.54) is 0 Å². The summed E-state index contributed by atoms with van der Waals surface area (Å²) in [6, 6.07) is 0. The first-order valence-electron chi connectivity index (χ1n) is 4.05. The van der Waals surface area contributed by atoms with Gasteiger partial charge in [-0.1, -0.05) is 13.8 Å². The normalized spacial score (nSPS) is 20.0. The quantitative estimate of drug-likeness (QED) is 0.590. The van der Waals surface area contributed by atoms with Crippen molar-refractivity contribution in [1.82, 2.24) is 5.32 Å². The van der Waals surface area contributed by atoms with Crippen molar-refractivity contribution in [3.8, 4) is 0 Å². The summed E-state index contributed by atoms with van der Waals surface area (Å²) < 4.78 is 0. The number of amides is 1. The molecule has 0 saturated heterocycles. The van der Waals surface area contributed by atoms with Crippen LogP contribution in [0.4, 0.5) is 0 Å². The fourth-order valence-electron chi connectivity index (χ4n) is 0.925. The Hall–Kier alpha value is -0.570. The average Bonchev–Trinajstić information content (AvgIpc) is 2.44. The van der Waals surface area contributed by atoms with Crippen LogP contribution < -0.4 is 5.32 Å². The van der Waals surface area contributed by atoms with Gasteiger partial charge in [0.25, 0.3) is 0 Å². The number of rotatable bonds is 3. The van der Waals surface area contributed by atoms with Crippen molar-refractivity contribution in [2.45, 2.75) is 38.8 Å². The number of hydrogen-bond donors (Lipinski definition) is 2. The predicted octanol–water partition coefficient (Wildman–Crippen LogP) is 0.631. The van der Waals surface area contributed by atoms with Crippen LogP contribution in [-0.2, 0) is 4.79 Å². The third-order valence-corrected chi connectivity index (χ3v) is 1.69. The highest BCUT2D eigenvalue weighted by atomic mass is 16.3. The van der Waals surface area contributed by atoms with E-state index in [2.05, 4.69) is 5.32 Å². The van der Waals surface area contributed by atoms with Crippen molar-refractivity contribution >= 4 is 5.91 Å². The molecule has 0 aliphatic heterocycles. The van der Waals surface area contributed by atoms with Crippen LogP contribution in [0, 0.1) is 5.92 Å². The van der Waals surface area contributed by atoms with E-state index in [-0.39, 0.29) is 5.91 Å². The zero-order chi connectivity index (χ0) is 8.48. The second kappa shape index (κ2) is 2.81. The lowest BCUT2D eigenvalue weighted by Gasteiger charge is -2.11. The van der Waals surface area contributed by atoms with Crippen LogP contribution >= 0.6 is 0 Å². The number of aliphatic hydroxyl groups is 1. The van der Waals surface area contributed by atoms with Crippen molar-refractivity contribution in [2.24, 2.45) is 5.92 Å². The smallest absolute Gasteiger partial charge is 0.222 e. The first-order chi connectivity index (χ1) is 5.02. The summed E-state index contributed by atoms with van der Waals surface area (Å²) in [5.74, 6) is 0.317. The molecule has 1 aliphatic rings. The number of carbonyl (C=O) groups is 1. The summed E-state index contributed by atoms with van der Waals surface area (Å²) in [6.07, 6.45) is 1.91. The summed E-state index contributed by atoms with van der Waals surface area (Å²) in [5, 5.41) is 11.9. The van der Waals surface area contributed by atoms with Crippen LogP contribution in [0.3, 0.4) is 0 Å². The van der Waals surface area contributed by atoms with Gasteiger partial charge in [-0.2, -0.15) is 0 Å². The van der Waals surface area contributed by atoms with Crippen LogP contribution in [0.2, 0.25) is 0 Å². The summed E-state index contributed by atoms with van der Waals surface area (Å²) in [5.41, 5.74) is -0.841. The fraction of sp³-hybridized carbons (Fsp3) is 0.875. The van der Waals surface area contributed by atoms with Gasteiger partial charge in [0, 0.05) is 6.42 Å². The van der Waals surface area contributed by atoms with Gasteiger partial charge >= 0.3 is 0 Å². The molecule has 2 N–H and O–H groups in total. The largest absolute Gasteiger partial charge is 0.371 e. The molecule has 0 bridgehead atoms. The van der Waals surface area contributed by atoms with Gasteiger partial charge in [-0.05, 0) is 18.8 Å². The fourth-order valence-corrected chi connectivity index (χ4v) is 0.925. The third kappa shape index (κ3) is 2.89. The van der Waals surface area contributed by atoms with E-state index in [0.29, 0.717) is 25.2 Å². The molecule has 64 valence electrons. The zero-order valence-corrected chi connectivity index (χ0v) is 7.05. The SMILES string of the molecule is CC(C)CC(=O)NC1(O)CC1. The van der Waals surface area contributed by atoms with E-state index in [1.807, 2.05) is 13.8 Å². The van der Waals surface area contributed by atoms with Gasteiger partial charge in [0.2, 0.25) is 5.91 Å². The Morgan fingerprint density at radius 2 is 2.18 bits per heavy atom. The molecule has 0 heterocycles. The lowest BCUT2D eigenvalue weighted by Crippen LogP contribution is -2.36. The molecule has 0 atom stereocenters. The summed E-state index contributed by atoms with van der Waals surface area (Å²) >= 11 is 0. The van der Waals surface area contributed by atoms with E-state index in [1.54, 1.807) is 0 Å². The molecule has 11 heavy (non-hydrogen) atoms. The maximum Gasteiger partial charge on any atom is 0.222 e. The predicted molar refractivity (Wildman–Crippen MR) is 41.8 cm³/mol. The molecule has 1 rings (SSSR count). The third-order valence-electron chi connectivity index (χ3n) is 1.69. The van der Waals surface area contributed by atoms with E-state index in [0.717, 1.165) is 0 Å². The monoisotopic (exact) mass is 157 g/mol. The van der Waals surface area contributed by atoms with Crippen LogP contribution in [0.5, 0.6) is 0 Å². The number of nitrogens with one attached hydrogen (secondary N) is 1. The molecule has 3 heteroatoms. The van der Waals surface area contributed by atoms with E-state index < -0.39 is 5.72 Å². The van der Waals surface area contributed by atoms with E-state index in [4.69, 9.17) is 0 Å². The molecule has 1 aliphatic carbocycles. The van der Waals surface area contributed by atoms with Crippen molar-refractivity contribution in [3.63, 3.8) is 0 Å². The average molecular weight is 157 g/mol. The second-order valence-corrected chi connectivity index (χ2v) is 3.68. The molecule has 1 fully saturated rings. The molecule has 0 radical (unpaired) electrons. The molecule has 1 amide bonds. The summed E-state index contributed by atoms with van der Waals surface area (Å²) in [6.45, 7) is 3.97. The Labute approximate surface area is 66.8 Å². The highest BCUT2D eigenvalue weighted by molar-refractivity contribution is 5.77. The molecule has 1 saturated carbocycles. The molecule has 3 nitrogen and oxygen atoms in total. The van der Waals surface area contributed by atoms with E-state index >= 15 is 0 Å². The second-order valence-electron chi connectivity index (χ2n) is 3.68. The van der Waals surface area contributed by atoms with Crippen molar-refractivity contribution in [1.29, 1.82) is 0 Å².